The molecular weight excluding hydrogens is 174 g/mol. The zero-order chi connectivity index (χ0) is 9.14. The van der Waals surface area contributed by atoms with E-state index in [0.717, 1.165) is 5.56 Å². The maximum atomic E-state index is 10.5. The largest absolute Gasteiger partial charge is 0.768 e. The van der Waals surface area contributed by atoms with Crippen LogP contribution in [0.25, 0.3) is 0 Å². The molecule has 1 aromatic carbocycles. The van der Waals surface area contributed by atoms with Gasteiger partial charge < -0.3 is 10.3 Å². The summed E-state index contributed by atoms with van der Waals surface area (Å²) in [7, 11) is 0. The molecule has 12 heavy (non-hydrogen) atoms. The average Bonchev–Trinajstić information content (AvgIpc) is 2.04. The van der Waals surface area contributed by atoms with Crippen LogP contribution >= 0.6 is 0 Å². The van der Waals surface area contributed by atoms with Crippen molar-refractivity contribution in [3.63, 3.8) is 0 Å². The molecule has 3 nitrogen and oxygen atoms in total. The second-order valence-corrected chi connectivity index (χ2v) is 3.53. The summed E-state index contributed by atoms with van der Waals surface area (Å²) in [5.41, 5.74) is 6.52. The number of rotatable bonds is 2. The third kappa shape index (κ3) is 2.14. The van der Waals surface area contributed by atoms with Crippen molar-refractivity contribution in [2.45, 2.75) is 17.9 Å². The van der Waals surface area contributed by atoms with Gasteiger partial charge in [-0.15, -0.1) is 0 Å². The Morgan fingerprint density at radius 3 is 2.25 bits per heavy atom. The fourth-order valence-electron chi connectivity index (χ4n) is 0.882. The zero-order valence-electron chi connectivity index (χ0n) is 6.69. The van der Waals surface area contributed by atoms with Crippen LogP contribution in [0.5, 0.6) is 0 Å². The summed E-state index contributed by atoms with van der Waals surface area (Å²) >= 11 is -2.14. The maximum Gasteiger partial charge on any atom is 0.0266 e. The van der Waals surface area contributed by atoms with Crippen molar-refractivity contribution in [3.05, 3.63) is 29.8 Å². The summed E-state index contributed by atoms with van der Waals surface area (Å²) in [4.78, 5) is 0.291. The fraction of sp³-hybridized carbons (Fsp3) is 0.250. The van der Waals surface area contributed by atoms with Crippen LogP contribution in [0.15, 0.2) is 29.2 Å². The normalized spacial score (nSPS) is 15.6. The second kappa shape index (κ2) is 3.80. The maximum absolute atomic E-state index is 10.5. The van der Waals surface area contributed by atoms with E-state index in [1.165, 1.54) is 0 Å². The van der Waals surface area contributed by atoms with Gasteiger partial charge in [-0.25, -0.2) is 0 Å². The van der Waals surface area contributed by atoms with Crippen molar-refractivity contribution < 1.29 is 8.76 Å². The number of nitrogens with two attached hydrogens (primary N) is 1. The van der Waals surface area contributed by atoms with E-state index in [-0.39, 0.29) is 6.04 Å². The van der Waals surface area contributed by atoms with E-state index in [9.17, 15) is 8.76 Å². The van der Waals surface area contributed by atoms with Gasteiger partial charge in [-0.3, -0.25) is 4.21 Å². The van der Waals surface area contributed by atoms with Crippen molar-refractivity contribution >= 4 is 11.1 Å². The van der Waals surface area contributed by atoms with Gasteiger partial charge in [0.25, 0.3) is 0 Å². The first-order valence-corrected chi connectivity index (χ1v) is 4.63. The molecule has 0 aliphatic carbocycles. The van der Waals surface area contributed by atoms with Crippen molar-refractivity contribution in [1.29, 1.82) is 0 Å². The molecule has 0 bridgehead atoms. The first-order chi connectivity index (χ1) is 5.61. The molecule has 0 aliphatic heterocycles. The van der Waals surface area contributed by atoms with Crippen molar-refractivity contribution in [3.8, 4) is 0 Å². The lowest BCUT2D eigenvalue weighted by Gasteiger charge is -2.08. The number of hydrogen-bond donors (Lipinski definition) is 1. The lowest BCUT2D eigenvalue weighted by molar-refractivity contribution is 0.537. The molecule has 2 unspecified atom stereocenters. The van der Waals surface area contributed by atoms with Gasteiger partial charge in [-0.1, -0.05) is 12.1 Å². The zero-order valence-corrected chi connectivity index (χ0v) is 7.51. The Morgan fingerprint density at radius 1 is 1.42 bits per heavy atom. The van der Waals surface area contributed by atoms with Crippen molar-refractivity contribution in [2.75, 3.05) is 0 Å². The van der Waals surface area contributed by atoms with Crippen LogP contribution in [0, 0.1) is 0 Å². The summed E-state index contributed by atoms with van der Waals surface area (Å²) in [6.45, 7) is 1.85. The van der Waals surface area contributed by atoms with E-state index in [0.29, 0.717) is 4.90 Å². The highest BCUT2D eigenvalue weighted by Crippen LogP contribution is 2.12. The lowest BCUT2D eigenvalue weighted by Crippen LogP contribution is -2.04. The van der Waals surface area contributed by atoms with Crippen LogP contribution < -0.4 is 5.73 Å². The third-order valence-corrected chi connectivity index (χ3v) is 2.26. The van der Waals surface area contributed by atoms with Gasteiger partial charge in [-0.05, 0) is 35.7 Å². The predicted octanol–water partition coefficient (Wildman–Crippen LogP) is 0.944. The molecule has 0 spiro atoms. The van der Waals surface area contributed by atoms with Gasteiger partial charge in [0.1, 0.15) is 0 Å². The van der Waals surface area contributed by atoms with Crippen molar-refractivity contribution in [1.82, 2.24) is 0 Å². The van der Waals surface area contributed by atoms with E-state index >= 15 is 0 Å². The van der Waals surface area contributed by atoms with Gasteiger partial charge in [0.15, 0.2) is 0 Å². The van der Waals surface area contributed by atoms with Crippen LogP contribution in [0.4, 0.5) is 0 Å². The molecule has 0 aliphatic rings. The quantitative estimate of drug-likeness (QED) is 0.696. The number of hydrogen-bond acceptors (Lipinski definition) is 3. The molecule has 0 saturated heterocycles. The van der Waals surface area contributed by atoms with Crippen LogP contribution in [-0.4, -0.2) is 8.76 Å². The van der Waals surface area contributed by atoms with Crippen LogP contribution in [0.3, 0.4) is 0 Å². The highest BCUT2D eigenvalue weighted by Gasteiger charge is 1.98. The minimum atomic E-state index is -2.14. The fourth-order valence-corrected chi connectivity index (χ4v) is 1.24. The van der Waals surface area contributed by atoms with Crippen LogP contribution in [0.2, 0.25) is 0 Å². The molecule has 0 radical (unpaired) electrons. The Hall–Kier alpha value is -0.710. The standard InChI is InChI=1S/C8H11NO2S/c1-6(9)7-2-4-8(5-3-7)12(10)11/h2-6H,9H2,1H3,(H,10,11)/p-1. The first kappa shape index (κ1) is 9.38. The molecule has 0 heterocycles. The van der Waals surface area contributed by atoms with Crippen LogP contribution in [0.1, 0.15) is 18.5 Å². The number of benzene rings is 1. The minimum absolute atomic E-state index is 0.0564. The Balaban J connectivity index is 2.93. The predicted molar refractivity (Wildman–Crippen MR) is 46.2 cm³/mol. The molecule has 2 atom stereocenters. The smallest absolute Gasteiger partial charge is 0.0266 e. The lowest BCUT2D eigenvalue weighted by atomic mass is 10.1. The highest BCUT2D eigenvalue weighted by molar-refractivity contribution is 7.79. The van der Waals surface area contributed by atoms with Gasteiger partial charge in [0, 0.05) is 10.9 Å². The summed E-state index contributed by atoms with van der Waals surface area (Å²) in [5.74, 6) is 0. The Kier molecular flexibility index (Phi) is 2.97. The molecule has 0 saturated carbocycles. The first-order valence-electron chi connectivity index (χ1n) is 3.56. The highest BCUT2D eigenvalue weighted by atomic mass is 32.2. The summed E-state index contributed by atoms with van der Waals surface area (Å²) in [6.07, 6.45) is 0. The SMILES string of the molecule is CC(N)c1ccc(S(=O)[O-])cc1. The third-order valence-electron chi connectivity index (χ3n) is 1.60. The van der Waals surface area contributed by atoms with Gasteiger partial charge in [-0.2, -0.15) is 0 Å². The monoisotopic (exact) mass is 184 g/mol. The molecule has 1 rings (SSSR count). The summed E-state index contributed by atoms with van der Waals surface area (Å²) in [5, 5.41) is 0. The molecule has 0 aromatic heterocycles. The second-order valence-electron chi connectivity index (χ2n) is 2.59. The van der Waals surface area contributed by atoms with Gasteiger partial charge in [0.05, 0.1) is 0 Å². The van der Waals surface area contributed by atoms with E-state index in [1.54, 1.807) is 24.3 Å². The van der Waals surface area contributed by atoms with E-state index in [1.807, 2.05) is 6.92 Å². The Morgan fingerprint density at radius 2 is 1.92 bits per heavy atom. The van der Waals surface area contributed by atoms with Crippen molar-refractivity contribution in [2.24, 2.45) is 5.73 Å². The Labute approximate surface area is 73.9 Å². The molecule has 1 aromatic rings. The molecular formula is C8H10NO2S-. The minimum Gasteiger partial charge on any atom is -0.768 e. The molecule has 4 heteroatoms. The van der Waals surface area contributed by atoms with E-state index in [2.05, 4.69) is 0 Å². The topological polar surface area (TPSA) is 66.2 Å². The summed E-state index contributed by atoms with van der Waals surface area (Å²) < 4.78 is 20.9. The van der Waals surface area contributed by atoms with Gasteiger partial charge >= 0.3 is 0 Å². The van der Waals surface area contributed by atoms with Gasteiger partial charge in [0.2, 0.25) is 0 Å². The van der Waals surface area contributed by atoms with E-state index < -0.39 is 11.1 Å². The molecule has 2 N–H and O–H groups in total. The van der Waals surface area contributed by atoms with Crippen LogP contribution in [-0.2, 0) is 11.1 Å². The molecule has 0 amide bonds. The van der Waals surface area contributed by atoms with E-state index in [4.69, 9.17) is 5.73 Å². The molecule has 0 fully saturated rings. The summed E-state index contributed by atoms with van der Waals surface area (Å²) in [6, 6.07) is 6.47. The molecule has 66 valence electrons. The average molecular weight is 184 g/mol. The Bertz CT molecular complexity index is 282.